The summed E-state index contributed by atoms with van der Waals surface area (Å²) in [7, 11) is 0. The summed E-state index contributed by atoms with van der Waals surface area (Å²) in [5, 5.41) is 8.09. The largest absolute Gasteiger partial charge is 0.356 e. The molecular formula is C19H19N3O3. The van der Waals surface area contributed by atoms with E-state index in [0.717, 1.165) is 5.56 Å². The van der Waals surface area contributed by atoms with E-state index in [9.17, 15) is 14.4 Å². The Kier molecular flexibility index (Phi) is 5.09. The van der Waals surface area contributed by atoms with Crippen LogP contribution in [0.4, 0.5) is 5.69 Å². The van der Waals surface area contributed by atoms with Crippen molar-refractivity contribution in [2.24, 2.45) is 0 Å². The van der Waals surface area contributed by atoms with E-state index in [2.05, 4.69) is 16.0 Å². The number of amides is 3. The molecule has 2 aromatic rings. The molecular weight excluding hydrogens is 318 g/mol. The van der Waals surface area contributed by atoms with Gasteiger partial charge in [-0.05, 0) is 24.1 Å². The fraction of sp³-hybridized carbons (Fsp3) is 0.211. The van der Waals surface area contributed by atoms with Crippen LogP contribution < -0.4 is 16.0 Å². The van der Waals surface area contributed by atoms with Gasteiger partial charge in [0.15, 0.2) is 0 Å². The van der Waals surface area contributed by atoms with Crippen LogP contribution in [-0.2, 0) is 16.0 Å². The Balaban J connectivity index is 1.55. The number of fused-ring (bicyclic) bond motifs is 1. The van der Waals surface area contributed by atoms with Gasteiger partial charge >= 0.3 is 0 Å². The van der Waals surface area contributed by atoms with Gasteiger partial charge in [0.2, 0.25) is 11.8 Å². The van der Waals surface area contributed by atoms with Crippen molar-refractivity contribution >= 4 is 23.4 Å². The first-order chi connectivity index (χ1) is 12.1. The number of carbonyl (C=O) groups excluding carboxylic acids is 3. The minimum atomic E-state index is -0.892. The molecule has 1 atom stereocenters. The van der Waals surface area contributed by atoms with Gasteiger partial charge in [-0.25, -0.2) is 0 Å². The Bertz CT molecular complexity index is 790. The summed E-state index contributed by atoms with van der Waals surface area (Å²) in [4.78, 5) is 36.6. The normalized spacial score (nSPS) is 16.2. The van der Waals surface area contributed by atoms with Crippen molar-refractivity contribution in [1.29, 1.82) is 0 Å². The SMILES string of the molecule is O=C(C[C@H]1NC(=O)c2ccccc2NC1=O)NCCc1ccccc1. The summed E-state index contributed by atoms with van der Waals surface area (Å²) in [5.74, 6) is -1.03. The second-order valence-corrected chi connectivity index (χ2v) is 5.85. The van der Waals surface area contributed by atoms with Crippen molar-refractivity contribution in [2.75, 3.05) is 11.9 Å². The molecule has 6 nitrogen and oxygen atoms in total. The molecule has 3 rings (SSSR count). The Morgan fingerprint density at radius 1 is 1.00 bits per heavy atom. The molecule has 0 bridgehead atoms. The Morgan fingerprint density at radius 2 is 1.72 bits per heavy atom. The molecule has 0 unspecified atom stereocenters. The van der Waals surface area contributed by atoms with E-state index in [1.165, 1.54) is 0 Å². The lowest BCUT2D eigenvalue weighted by atomic mass is 10.1. The van der Waals surface area contributed by atoms with Gasteiger partial charge in [0.05, 0.1) is 17.7 Å². The van der Waals surface area contributed by atoms with E-state index in [1.54, 1.807) is 24.3 Å². The summed E-state index contributed by atoms with van der Waals surface area (Å²) in [6.45, 7) is 0.478. The molecule has 0 saturated heterocycles. The minimum Gasteiger partial charge on any atom is -0.356 e. The molecule has 1 heterocycles. The average Bonchev–Trinajstić information content (AvgIpc) is 2.73. The lowest BCUT2D eigenvalue weighted by molar-refractivity contribution is -0.125. The van der Waals surface area contributed by atoms with Crippen LogP contribution in [0.1, 0.15) is 22.3 Å². The van der Waals surface area contributed by atoms with Crippen LogP contribution in [0.3, 0.4) is 0 Å². The maximum atomic E-state index is 12.2. The monoisotopic (exact) mass is 337 g/mol. The van der Waals surface area contributed by atoms with Crippen LogP contribution in [0.2, 0.25) is 0 Å². The maximum Gasteiger partial charge on any atom is 0.254 e. The van der Waals surface area contributed by atoms with Crippen molar-refractivity contribution < 1.29 is 14.4 Å². The lowest BCUT2D eigenvalue weighted by Gasteiger charge is -2.14. The molecule has 128 valence electrons. The third-order valence-corrected chi connectivity index (χ3v) is 4.02. The topological polar surface area (TPSA) is 87.3 Å². The zero-order chi connectivity index (χ0) is 17.6. The molecule has 1 aliphatic heterocycles. The number of para-hydroxylation sites is 1. The van der Waals surface area contributed by atoms with E-state index < -0.39 is 11.9 Å². The van der Waals surface area contributed by atoms with Crippen LogP contribution in [0.15, 0.2) is 54.6 Å². The van der Waals surface area contributed by atoms with Crippen molar-refractivity contribution in [2.45, 2.75) is 18.9 Å². The van der Waals surface area contributed by atoms with Crippen LogP contribution in [-0.4, -0.2) is 30.3 Å². The first-order valence-electron chi connectivity index (χ1n) is 8.15. The number of anilines is 1. The highest BCUT2D eigenvalue weighted by Gasteiger charge is 2.29. The molecule has 0 aromatic heterocycles. The first-order valence-corrected chi connectivity index (χ1v) is 8.15. The number of carbonyl (C=O) groups is 3. The van der Waals surface area contributed by atoms with Gasteiger partial charge in [-0.3, -0.25) is 14.4 Å². The number of nitrogens with one attached hydrogen (secondary N) is 3. The van der Waals surface area contributed by atoms with Gasteiger partial charge in [-0.1, -0.05) is 42.5 Å². The van der Waals surface area contributed by atoms with Gasteiger partial charge in [-0.2, -0.15) is 0 Å². The van der Waals surface area contributed by atoms with Crippen molar-refractivity contribution in [3.8, 4) is 0 Å². The highest BCUT2D eigenvalue weighted by molar-refractivity contribution is 6.10. The molecule has 3 amide bonds. The van der Waals surface area contributed by atoms with Gasteiger partial charge in [0.1, 0.15) is 6.04 Å². The Morgan fingerprint density at radius 3 is 2.52 bits per heavy atom. The van der Waals surface area contributed by atoms with Crippen LogP contribution in [0, 0.1) is 0 Å². The van der Waals surface area contributed by atoms with E-state index in [1.807, 2.05) is 30.3 Å². The van der Waals surface area contributed by atoms with E-state index >= 15 is 0 Å². The molecule has 0 radical (unpaired) electrons. The molecule has 0 fully saturated rings. The highest BCUT2D eigenvalue weighted by atomic mass is 16.2. The first kappa shape index (κ1) is 16.7. The second-order valence-electron chi connectivity index (χ2n) is 5.85. The van der Waals surface area contributed by atoms with Gasteiger partial charge in [0.25, 0.3) is 5.91 Å². The van der Waals surface area contributed by atoms with Crippen molar-refractivity contribution in [3.05, 3.63) is 65.7 Å². The smallest absolute Gasteiger partial charge is 0.254 e. The lowest BCUT2D eigenvalue weighted by Crippen LogP contribution is -2.44. The molecule has 25 heavy (non-hydrogen) atoms. The van der Waals surface area contributed by atoms with Gasteiger partial charge in [-0.15, -0.1) is 0 Å². The summed E-state index contributed by atoms with van der Waals surface area (Å²) < 4.78 is 0. The van der Waals surface area contributed by atoms with E-state index in [0.29, 0.717) is 24.2 Å². The van der Waals surface area contributed by atoms with Crippen LogP contribution in [0.25, 0.3) is 0 Å². The highest BCUT2D eigenvalue weighted by Crippen LogP contribution is 2.18. The average molecular weight is 337 g/mol. The van der Waals surface area contributed by atoms with Crippen molar-refractivity contribution in [1.82, 2.24) is 10.6 Å². The predicted molar refractivity (Wildman–Crippen MR) is 94.1 cm³/mol. The van der Waals surface area contributed by atoms with Crippen molar-refractivity contribution in [3.63, 3.8) is 0 Å². The van der Waals surface area contributed by atoms with Gasteiger partial charge < -0.3 is 16.0 Å². The van der Waals surface area contributed by atoms with E-state index in [-0.39, 0.29) is 18.2 Å². The fourth-order valence-corrected chi connectivity index (χ4v) is 2.70. The fourth-order valence-electron chi connectivity index (χ4n) is 2.70. The predicted octanol–water partition coefficient (Wildman–Crippen LogP) is 1.49. The summed E-state index contributed by atoms with van der Waals surface area (Å²) in [5.41, 5.74) is 1.97. The second kappa shape index (κ2) is 7.61. The Labute approximate surface area is 145 Å². The summed E-state index contributed by atoms with van der Waals surface area (Å²) >= 11 is 0. The molecule has 0 saturated carbocycles. The number of hydrogen-bond donors (Lipinski definition) is 3. The number of benzene rings is 2. The molecule has 3 N–H and O–H groups in total. The standard InChI is InChI=1S/C19H19N3O3/c23-17(20-11-10-13-6-2-1-3-7-13)12-16-19(25)21-15-9-5-4-8-14(15)18(24)22-16/h1-9,16H,10-12H2,(H,20,23)(H,21,25)(H,22,24)/t16-/m1/s1. The van der Waals surface area contributed by atoms with Crippen LogP contribution >= 0.6 is 0 Å². The Hall–Kier alpha value is -3.15. The maximum absolute atomic E-state index is 12.2. The molecule has 0 aliphatic carbocycles. The third kappa shape index (κ3) is 4.23. The van der Waals surface area contributed by atoms with Crippen LogP contribution in [0.5, 0.6) is 0 Å². The zero-order valence-corrected chi connectivity index (χ0v) is 13.6. The number of rotatable bonds is 5. The third-order valence-electron chi connectivity index (χ3n) is 4.02. The zero-order valence-electron chi connectivity index (χ0n) is 13.6. The van der Waals surface area contributed by atoms with Gasteiger partial charge in [0, 0.05) is 6.54 Å². The number of hydrogen-bond acceptors (Lipinski definition) is 3. The molecule has 1 aliphatic rings. The molecule has 2 aromatic carbocycles. The minimum absolute atomic E-state index is 0.0969. The summed E-state index contributed by atoms with van der Waals surface area (Å²) in [6.07, 6.45) is 0.613. The van der Waals surface area contributed by atoms with E-state index in [4.69, 9.17) is 0 Å². The molecule has 0 spiro atoms. The summed E-state index contributed by atoms with van der Waals surface area (Å²) in [6, 6.07) is 15.7. The molecule has 6 heteroatoms. The quantitative estimate of drug-likeness (QED) is 0.772.